The SMILES string of the molecule is COc1cc(Nc2ncccn2)c(OCC2CCC(CN)CC2)cc1N1CCOCC1. The number of ether oxygens (including phenoxy) is 3. The molecule has 0 unspecified atom stereocenters. The predicted octanol–water partition coefficient (Wildman–Crippen LogP) is 3.21. The number of aromatic nitrogens is 2. The van der Waals surface area contributed by atoms with Crippen LogP contribution in [0.3, 0.4) is 0 Å². The maximum atomic E-state index is 6.39. The van der Waals surface area contributed by atoms with Gasteiger partial charge in [0.25, 0.3) is 0 Å². The molecule has 1 aliphatic carbocycles. The van der Waals surface area contributed by atoms with Crippen molar-refractivity contribution < 1.29 is 14.2 Å². The van der Waals surface area contributed by atoms with Gasteiger partial charge in [-0.1, -0.05) is 0 Å². The molecule has 1 saturated carbocycles. The Balaban J connectivity index is 1.56. The molecule has 4 rings (SSSR count). The second kappa shape index (κ2) is 10.6. The lowest BCUT2D eigenvalue weighted by atomic mass is 9.82. The number of nitrogens with one attached hydrogen (secondary N) is 1. The molecule has 2 heterocycles. The number of rotatable bonds is 8. The summed E-state index contributed by atoms with van der Waals surface area (Å²) in [7, 11) is 1.69. The number of nitrogens with zero attached hydrogens (tertiary/aromatic N) is 3. The van der Waals surface area contributed by atoms with Gasteiger partial charge in [-0.05, 0) is 50.1 Å². The molecule has 1 saturated heterocycles. The first-order valence-corrected chi connectivity index (χ1v) is 11.2. The van der Waals surface area contributed by atoms with Gasteiger partial charge in [0, 0.05) is 37.6 Å². The molecule has 8 heteroatoms. The molecule has 8 nitrogen and oxygen atoms in total. The van der Waals surface area contributed by atoms with Crippen LogP contribution in [0.2, 0.25) is 0 Å². The van der Waals surface area contributed by atoms with Gasteiger partial charge in [-0.15, -0.1) is 0 Å². The van der Waals surface area contributed by atoms with Gasteiger partial charge in [0.15, 0.2) is 0 Å². The Morgan fingerprint density at radius 3 is 2.45 bits per heavy atom. The van der Waals surface area contributed by atoms with Crippen molar-refractivity contribution in [1.29, 1.82) is 0 Å². The number of benzene rings is 1. The van der Waals surface area contributed by atoms with Crippen molar-refractivity contribution in [2.24, 2.45) is 17.6 Å². The maximum absolute atomic E-state index is 6.39. The molecule has 0 atom stereocenters. The van der Waals surface area contributed by atoms with Crippen LogP contribution in [0.25, 0.3) is 0 Å². The van der Waals surface area contributed by atoms with Crippen molar-refractivity contribution in [3.63, 3.8) is 0 Å². The average molecular weight is 428 g/mol. The van der Waals surface area contributed by atoms with E-state index in [1.54, 1.807) is 25.6 Å². The van der Waals surface area contributed by atoms with Crippen molar-refractivity contribution in [3.8, 4) is 11.5 Å². The summed E-state index contributed by atoms with van der Waals surface area (Å²) in [5, 5.41) is 3.29. The first-order chi connectivity index (χ1) is 15.3. The predicted molar refractivity (Wildman–Crippen MR) is 121 cm³/mol. The van der Waals surface area contributed by atoms with Gasteiger partial charge in [0.2, 0.25) is 5.95 Å². The minimum Gasteiger partial charge on any atom is -0.494 e. The summed E-state index contributed by atoms with van der Waals surface area (Å²) in [6, 6.07) is 5.84. The van der Waals surface area contributed by atoms with Crippen molar-refractivity contribution in [3.05, 3.63) is 30.6 Å². The van der Waals surface area contributed by atoms with Crippen LogP contribution in [0.5, 0.6) is 11.5 Å². The van der Waals surface area contributed by atoms with Crippen LogP contribution in [0, 0.1) is 11.8 Å². The van der Waals surface area contributed by atoms with Crippen molar-refractivity contribution >= 4 is 17.3 Å². The Morgan fingerprint density at radius 1 is 1.06 bits per heavy atom. The molecule has 2 aliphatic rings. The lowest BCUT2D eigenvalue weighted by molar-refractivity contribution is 0.122. The third kappa shape index (κ3) is 5.57. The molecule has 0 radical (unpaired) electrons. The number of hydrogen-bond donors (Lipinski definition) is 2. The molecule has 31 heavy (non-hydrogen) atoms. The summed E-state index contributed by atoms with van der Waals surface area (Å²) in [6.45, 7) is 4.56. The third-order valence-electron chi connectivity index (χ3n) is 6.22. The molecular formula is C23H33N5O3. The summed E-state index contributed by atoms with van der Waals surface area (Å²) >= 11 is 0. The Bertz CT molecular complexity index is 821. The third-order valence-corrected chi connectivity index (χ3v) is 6.22. The average Bonchev–Trinajstić information content (AvgIpc) is 2.84. The second-order valence-electron chi connectivity index (χ2n) is 8.25. The lowest BCUT2D eigenvalue weighted by Gasteiger charge is -2.31. The number of nitrogens with two attached hydrogens (primary N) is 1. The highest BCUT2D eigenvalue weighted by atomic mass is 16.5. The van der Waals surface area contributed by atoms with Gasteiger partial charge in [-0.2, -0.15) is 0 Å². The fourth-order valence-electron chi connectivity index (χ4n) is 4.31. The summed E-state index contributed by atoms with van der Waals surface area (Å²) in [5.74, 6) is 3.32. The van der Waals surface area contributed by atoms with E-state index in [4.69, 9.17) is 19.9 Å². The Hall–Kier alpha value is -2.58. The first kappa shape index (κ1) is 21.6. The van der Waals surface area contributed by atoms with Crippen LogP contribution >= 0.6 is 0 Å². The van der Waals surface area contributed by atoms with Gasteiger partial charge < -0.3 is 30.2 Å². The van der Waals surface area contributed by atoms with Gasteiger partial charge in [-0.3, -0.25) is 0 Å². The highest BCUT2D eigenvalue weighted by molar-refractivity contribution is 5.74. The van der Waals surface area contributed by atoms with E-state index in [1.807, 2.05) is 6.07 Å². The smallest absolute Gasteiger partial charge is 0.227 e. The highest BCUT2D eigenvalue weighted by Gasteiger charge is 2.23. The minimum atomic E-state index is 0.525. The summed E-state index contributed by atoms with van der Waals surface area (Å²) in [4.78, 5) is 10.9. The quantitative estimate of drug-likeness (QED) is 0.663. The van der Waals surface area contributed by atoms with Gasteiger partial charge >= 0.3 is 0 Å². The monoisotopic (exact) mass is 427 g/mol. The molecule has 0 amide bonds. The van der Waals surface area contributed by atoms with Crippen molar-refractivity contribution in [1.82, 2.24) is 9.97 Å². The number of methoxy groups -OCH3 is 1. The Labute approximate surface area is 184 Å². The Morgan fingerprint density at radius 2 is 1.77 bits per heavy atom. The van der Waals surface area contributed by atoms with Crippen LogP contribution in [0.4, 0.5) is 17.3 Å². The molecule has 1 aromatic heterocycles. The van der Waals surface area contributed by atoms with Crippen LogP contribution < -0.4 is 25.4 Å². The van der Waals surface area contributed by atoms with E-state index >= 15 is 0 Å². The number of anilines is 3. The summed E-state index contributed by atoms with van der Waals surface area (Å²) in [6.07, 6.45) is 8.14. The molecular weight excluding hydrogens is 394 g/mol. The van der Waals surface area contributed by atoms with E-state index in [2.05, 4.69) is 26.3 Å². The number of hydrogen-bond acceptors (Lipinski definition) is 8. The van der Waals surface area contributed by atoms with E-state index in [0.29, 0.717) is 37.6 Å². The normalized spacial score (nSPS) is 21.5. The van der Waals surface area contributed by atoms with Crippen LogP contribution in [0.15, 0.2) is 30.6 Å². The minimum absolute atomic E-state index is 0.525. The largest absolute Gasteiger partial charge is 0.494 e. The van der Waals surface area contributed by atoms with E-state index in [0.717, 1.165) is 42.5 Å². The zero-order valence-electron chi connectivity index (χ0n) is 18.3. The first-order valence-electron chi connectivity index (χ1n) is 11.2. The highest BCUT2D eigenvalue weighted by Crippen LogP contribution is 2.40. The Kier molecular flexibility index (Phi) is 7.43. The van der Waals surface area contributed by atoms with Crippen molar-refractivity contribution in [2.75, 3.05) is 56.8 Å². The molecule has 3 N–H and O–H groups in total. The standard InChI is InChI=1S/C23H33N5O3/c1-29-22-13-19(27-23-25-7-2-8-26-23)21(14-20(22)28-9-11-30-12-10-28)31-16-18-5-3-17(15-24)4-6-18/h2,7-8,13-14,17-18H,3-6,9-12,15-16,24H2,1H3,(H,25,26,27). The molecule has 1 aliphatic heterocycles. The van der Waals surface area contributed by atoms with E-state index in [9.17, 15) is 0 Å². The molecule has 1 aromatic carbocycles. The molecule has 168 valence electrons. The fraction of sp³-hybridized carbons (Fsp3) is 0.565. The molecule has 0 spiro atoms. The van der Waals surface area contributed by atoms with Crippen LogP contribution in [0.1, 0.15) is 25.7 Å². The summed E-state index contributed by atoms with van der Waals surface area (Å²) < 4.78 is 17.6. The van der Waals surface area contributed by atoms with E-state index in [-0.39, 0.29) is 0 Å². The van der Waals surface area contributed by atoms with Crippen molar-refractivity contribution in [2.45, 2.75) is 25.7 Å². The molecule has 2 fully saturated rings. The topological polar surface area (TPSA) is 94.8 Å². The summed E-state index contributed by atoms with van der Waals surface area (Å²) in [5.41, 5.74) is 7.67. The zero-order chi connectivity index (χ0) is 21.5. The van der Waals surface area contributed by atoms with E-state index < -0.39 is 0 Å². The molecule has 0 bridgehead atoms. The maximum Gasteiger partial charge on any atom is 0.227 e. The second-order valence-corrected chi connectivity index (χ2v) is 8.25. The van der Waals surface area contributed by atoms with Gasteiger partial charge in [-0.25, -0.2) is 9.97 Å². The van der Waals surface area contributed by atoms with E-state index in [1.165, 1.54) is 25.7 Å². The lowest BCUT2D eigenvalue weighted by Crippen LogP contribution is -2.36. The van der Waals surface area contributed by atoms with Gasteiger partial charge in [0.1, 0.15) is 11.5 Å². The zero-order valence-corrected chi connectivity index (χ0v) is 18.3. The molecule has 2 aromatic rings. The fourth-order valence-corrected chi connectivity index (χ4v) is 4.31. The van der Waals surface area contributed by atoms with Crippen LogP contribution in [-0.4, -0.2) is 56.5 Å². The number of morpholine rings is 1. The van der Waals surface area contributed by atoms with Gasteiger partial charge in [0.05, 0.1) is 38.3 Å². The van der Waals surface area contributed by atoms with Crippen LogP contribution in [-0.2, 0) is 4.74 Å².